The second-order valence-electron chi connectivity index (χ2n) is 10.5. The van der Waals surface area contributed by atoms with Crippen LogP contribution in [0.2, 0.25) is 0 Å². The number of aliphatic hydroxyl groups is 1. The highest BCUT2D eigenvalue weighted by molar-refractivity contribution is 6.05. The Kier molecular flexibility index (Phi) is 7.33. The molecule has 2 saturated heterocycles. The van der Waals surface area contributed by atoms with Gasteiger partial charge in [-0.15, -0.1) is 0 Å². The van der Waals surface area contributed by atoms with E-state index in [-0.39, 0.29) is 37.5 Å². The van der Waals surface area contributed by atoms with E-state index in [4.69, 9.17) is 14.2 Å². The van der Waals surface area contributed by atoms with Crippen molar-refractivity contribution in [2.45, 2.75) is 56.9 Å². The third-order valence-electron chi connectivity index (χ3n) is 8.52. The summed E-state index contributed by atoms with van der Waals surface area (Å²) in [4.78, 5) is 45.2. The minimum absolute atomic E-state index is 0.0857. The molecule has 0 aromatic heterocycles. The quantitative estimate of drug-likeness (QED) is 0.450. The van der Waals surface area contributed by atoms with Crippen molar-refractivity contribution >= 4 is 23.5 Å². The molecule has 4 aliphatic heterocycles. The first-order valence-corrected chi connectivity index (χ1v) is 13.4. The number of carbonyl (C=O) groups excluding carboxylic acids is 3. The average Bonchev–Trinajstić information content (AvgIpc) is 3.34. The number of amides is 2. The number of ether oxygens (including phenoxy) is 3. The SMILES string of the molecule is CC[C@H](C)[C@H](CO)N1C(=O)[C@@H]2[C@H]3C(=O)OCCC/C=C\[C@H]3O[C@@]23C=CCN(c2ccc(OC)cc2)C(=O)C13. The normalized spacial score (nSPS) is 33.2. The fraction of sp³-hybridized carbons (Fsp3) is 0.552. The van der Waals surface area contributed by atoms with Gasteiger partial charge in [-0.25, -0.2) is 0 Å². The summed E-state index contributed by atoms with van der Waals surface area (Å²) in [5.74, 6) is -2.42. The molecule has 1 N–H and O–H groups in total. The highest BCUT2D eigenvalue weighted by Gasteiger charge is 2.72. The van der Waals surface area contributed by atoms with Gasteiger partial charge in [0.2, 0.25) is 5.91 Å². The Hall–Kier alpha value is -3.17. The zero-order valence-electron chi connectivity index (χ0n) is 22.1. The number of allylic oxidation sites excluding steroid dienone is 1. The van der Waals surface area contributed by atoms with Crippen LogP contribution in [-0.4, -0.2) is 78.4 Å². The van der Waals surface area contributed by atoms with E-state index in [1.165, 1.54) is 4.90 Å². The largest absolute Gasteiger partial charge is 0.497 e. The molecule has 1 unspecified atom stereocenters. The minimum atomic E-state index is -1.37. The van der Waals surface area contributed by atoms with Gasteiger partial charge >= 0.3 is 5.97 Å². The van der Waals surface area contributed by atoms with E-state index in [0.717, 1.165) is 6.42 Å². The van der Waals surface area contributed by atoms with E-state index in [9.17, 15) is 19.5 Å². The number of carbonyl (C=O) groups is 3. The van der Waals surface area contributed by atoms with Crippen LogP contribution in [0.4, 0.5) is 5.69 Å². The number of methoxy groups -OCH3 is 1. The summed E-state index contributed by atoms with van der Waals surface area (Å²) in [6, 6.07) is 5.49. The molecule has 1 aromatic carbocycles. The smallest absolute Gasteiger partial charge is 0.312 e. The number of benzene rings is 1. The third-order valence-corrected chi connectivity index (χ3v) is 8.52. The van der Waals surface area contributed by atoms with Crippen molar-refractivity contribution in [3.05, 3.63) is 48.6 Å². The molecule has 204 valence electrons. The predicted octanol–water partition coefficient (Wildman–Crippen LogP) is 2.48. The van der Waals surface area contributed by atoms with Gasteiger partial charge in [-0.1, -0.05) is 44.6 Å². The first kappa shape index (κ1) is 26.4. The number of fused-ring (bicyclic) bond motifs is 2. The lowest BCUT2D eigenvalue weighted by Gasteiger charge is -2.40. The summed E-state index contributed by atoms with van der Waals surface area (Å²) in [7, 11) is 1.58. The molecular formula is C29H36N2O7. The Morgan fingerprint density at radius 3 is 2.61 bits per heavy atom. The van der Waals surface area contributed by atoms with Gasteiger partial charge < -0.3 is 29.1 Å². The second kappa shape index (κ2) is 10.5. The molecule has 4 heterocycles. The number of likely N-dealkylation sites (tertiary alicyclic amines) is 1. The summed E-state index contributed by atoms with van der Waals surface area (Å²) >= 11 is 0. The third kappa shape index (κ3) is 4.12. The number of hydrogen-bond acceptors (Lipinski definition) is 7. The molecule has 0 radical (unpaired) electrons. The summed E-state index contributed by atoms with van der Waals surface area (Å²) in [6.07, 6.45) is 8.84. The molecule has 0 aliphatic carbocycles. The Labute approximate surface area is 223 Å². The lowest BCUT2D eigenvalue weighted by atomic mass is 9.78. The fourth-order valence-corrected chi connectivity index (χ4v) is 6.36. The maximum atomic E-state index is 14.4. The number of esters is 1. The Morgan fingerprint density at radius 2 is 1.92 bits per heavy atom. The van der Waals surface area contributed by atoms with Crippen molar-refractivity contribution in [3.63, 3.8) is 0 Å². The van der Waals surface area contributed by atoms with Crippen LogP contribution in [0.25, 0.3) is 0 Å². The van der Waals surface area contributed by atoms with Crippen LogP contribution < -0.4 is 9.64 Å². The maximum absolute atomic E-state index is 14.4. The molecule has 1 spiro atoms. The molecule has 9 heteroatoms. The molecular weight excluding hydrogens is 488 g/mol. The molecule has 38 heavy (non-hydrogen) atoms. The molecule has 0 bridgehead atoms. The molecule has 0 saturated carbocycles. The summed E-state index contributed by atoms with van der Waals surface area (Å²) in [5.41, 5.74) is -0.717. The van der Waals surface area contributed by atoms with E-state index in [1.54, 1.807) is 42.4 Å². The lowest BCUT2D eigenvalue weighted by Crippen LogP contribution is -2.59. The molecule has 5 rings (SSSR count). The highest BCUT2D eigenvalue weighted by atomic mass is 16.6. The Balaban J connectivity index is 1.64. The van der Waals surface area contributed by atoms with Crippen LogP contribution in [0.3, 0.4) is 0 Å². The zero-order chi connectivity index (χ0) is 27.0. The van der Waals surface area contributed by atoms with E-state index in [1.807, 2.05) is 32.1 Å². The molecule has 4 aliphatic rings. The van der Waals surface area contributed by atoms with Crippen molar-refractivity contribution in [2.75, 3.05) is 31.8 Å². The lowest BCUT2D eigenvalue weighted by molar-refractivity contribution is -0.155. The molecule has 7 atom stereocenters. The van der Waals surface area contributed by atoms with Gasteiger partial charge in [-0.05, 0) is 43.0 Å². The summed E-state index contributed by atoms with van der Waals surface area (Å²) in [5, 5.41) is 10.5. The molecule has 9 nitrogen and oxygen atoms in total. The first-order chi connectivity index (χ1) is 18.4. The molecule has 2 amide bonds. The van der Waals surface area contributed by atoms with E-state index >= 15 is 0 Å². The van der Waals surface area contributed by atoms with Crippen LogP contribution in [-0.2, 0) is 23.9 Å². The van der Waals surface area contributed by atoms with Crippen LogP contribution in [0, 0.1) is 17.8 Å². The van der Waals surface area contributed by atoms with Crippen molar-refractivity contribution in [1.82, 2.24) is 4.90 Å². The monoisotopic (exact) mass is 524 g/mol. The summed E-state index contributed by atoms with van der Waals surface area (Å²) in [6.45, 7) is 4.16. The van der Waals surface area contributed by atoms with E-state index in [0.29, 0.717) is 24.3 Å². The predicted molar refractivity (Wildman–Crippen MR) is 139 cm³/mol. The number of cyclic esters (lactones) is 1. The van der Waals surface area contributed by atoms with Crippen LogP contribution in [0.1, 0.15) is 33.1 Å². The number of hydrogen-bond donors (Lipinski definition) is 1. The summed E-state index contributed by atoms with van der Waals surface area (Å²) < 4.78 is 17.5. The average molecular weight is 525 g/mol. The number of nitrogens with zero attached hydrogens (tertiary/aromatic N) is 2. The fourth-order valence-electron chi connectivity index (χ4n) is 6.36. The number of anilines is 1. The number of rotatable bonds is 6. The first-order valence-electron chi connectivity index (χ1n) is 13.4. The second-order valence-corrected chi connectivity index (χ2v) is 10.5. The van der Waals surface area contributed by atoms with Crippen molar-refractivity contribution < 1.29 is 33.7 Å². The van der Waals surface area contributed by atoms with Crippen molar-refractivity contribution in [1.29, 1.82) is 0 Å². The zero-order valence-corrected chi connectivity index (χ0v) is 22.1. The van der Waals surface area contributed by atoms with Gasteiger partial charge in [0.1, 0.15) is 23.3 Å². The van der Waals surface area contributed by atoms with Gasteiger partial charge in [0.25, 0.3) is 5.91 Å². The maximum Gasteiger partial charge on any atom is 0.312 e. The van der Waals surface area contributed by atoms with Crippen LogP contribution in [0.15, 0.2) is 48.6 Å². The van der Waals surface area contributed by atoms with Gasteiger partial charge in [-0.2, -0.15) is 0 Å². The molecule has 1 aromatic rings. The van der Waals surface area contributed by atoms with Gasteiger partial charge in [0, 0.05) is 12.2 Å². The highest BCUT2D eigenvalue weighted by Crippen LogP contribution is 2.54. The van der Waals surface area contributed by atoms with Crippen molar-refractivity contribution in [3.8, 4) is 5.75 Å². The van der Waals surface area contributed by atoms with E-state index < -0.39 is 41.6 Å². The Morgan fingerprint density at radius 1 is 1.16 bits per heavy atom. The molecule has 2 fully saturated rings. The standard InChI is InChI=1S/C29H36N2O7/c1-4-18(2)21(17-32)31-25-27(34)30(19-10-12-20(36-3)13-11-19)15-8-14-29(25)24(26(31)33)23-22(38-29)9-6-5-7-16-37-28(23)35/h6,8-14,18,21-25,32H,4-5,7,15-17H2,1-3H3/b9-6-/t18-,21-,22+,23-,24-,25?,29-/m0/s1. The van der Waals surface area contributed by atoms with Crippen molar-refractivity contribution in [2.24, 2.45) is 17.8 Å². The number of aliphatic hydroxyl groups excluding tert-OH is 1. The van der Waals surface area contributed by atoms with Crippen LogP contribution >= 0.6 is 0 Å². The van der Waals surface area contributed by atoms with E-state index in [2.05, 4.69) is 0 Å². The Bertz CT molecular complexity index is 1130. The minimum Gasteiger partial charge on any atom is -0.497 e. The van der Waals surface area contributed by atoms with Gasteiger partial charge in [0.05, 0.1) is 38.4 Å². The van der Waals surface area contributed by atoms with Gasteiger partial charge in [-0.3, -0.25) is 14.4 Å². The van der Waals surface area contributed by atoms with Crippen LogP contribution in [0.5, 0.6) is 5.75 Å². The topological polar surface area (TPSA) is 106 Å². The van der Waals surface area contributed by atoms with Gasteiger partial charge in [0.15, 0.2) is 0 Å².